The molecule has 0 radical (unpaired) electrons. The summed E-state index contributed by atoms with van der Waals surface area (Å²) < 4.78 is 57.5. The van der Waals surface area contributed by atoms with Crippen LogP contribution >= 0.6 is 0 Å². The minimum atomic E-state index is -4.52. The van der Waals surface area contributed by atoms with Gasteiger partial charge in [0.15, 0.2) is 11.1 Å². The summed E-state index contributed by atoms with van der Waals surface area (Å²) in [5, 5.41) is 7.08. The number of hydrogen-bond acceptors (Lipinski definition) is 5. The molecule has 0 bridgehead atoms. The second-order valence-electron chi connectivity index (χ2n) is 12.7. The second-order valence-corrected chi connectivity index (χ2v) is 15.0. The lowest BCUT2D eigenvalue weighted by Gasteiger charge is -2.24. The molecule has 7 nitrogen and oxygen atoms in total. The van der Waals surface area contributed by atoms with Crippen LogP contribution in [0.4, 0.5) is 22.7 Å². The minimum absolute atomic E-state index is 0.143. The van der Waals surface area contributed by atoms with Gasteiger partial charge in [0.2, 0.25) is 0 Å². The zero-order valence-electron chi connectivity index (χ0n) is 28.5. The van der Waals surface area contributed by atoms with Gasteiger partial charge in [-0.25, -0.2) is 4.21 Å². The molecule has 2 atom stereocenters. The van der Waals surface area contributed by atoms with Gasteiger partial charge < -0.3 is 15.2 Å². The molecule has 5 rings (SSSR count). The highest BCUT2D eigenvalue weighted by atomic mass is 32.2. The van der Waals surface area contributed by atoms with E-state index in [1.807, 2.05) is 71.0 Å². The van der Waals surface area contributed by atoms with E-state index in [4.69, 9.17) is 0 Å². The molecule has 0 aliphatic rings. The fourth-order valence-corrected chi connectivity index (χ4v) is 8.23. The van der Waals surface area contributed by atoms with Gasteiger partial charge in [0.05, 0.1) is 9.79 Å². The number of anilines is 4. The lowest BCUT2D eigenvalue weighted by Crippen LogP contribution is -2.11. The van der Waals surface area contributed by atoms with Gasteiger partial charge in [0, 0.05) is 28.7 Å². The number of nitrogens with one attached hydrogen (secondary N) is 2. The summed E-state index contributed by atoms with van der Waals surface area (Å²) in [5.41, 5.74) is 13.5. The van der Waals surface area contributed by atoms with Crippen LogP contribution in [0, 0.1) is 55.4 Å². The normalized spacial score (nSPS) is 12.9. The smallest absolute Gasteiger partial charge is 0.294 e. The Balaban J connectivity index is 1.61. The van der Waals surface area contributed by atoms with Crippen molar-refractivity contribution in [2.75, 3.05) is 10.6 Å². The highest BCUT2D eigenvalue weighted by molar-refractivity contribution is 7.85. The molecule has 0 saturated heterocycles. The van der Waals surface area contributed by atoms with Crippen LogP contribution in [0.5, 0.6) is 0 Å². The largest absolute Gasteiger partial charge is 0.355 e. The van der Waals surface area contributed by atoms with E-state index in [1.54, 1.807) is 18.2 Å². The summed E-state index contributed by atoms with van der Waals surface area (Å²) in [5.74, 6) is -0.516. The molecule has 0 heterocycles. The summed E-state index contributed by atoms with van der Waals surface area (Å²) in [4.78, 5) is 0.247. The van der Waals surface area contributed by atoms with Crippen LogP contribution < -0.4 is 10.6 Å². The zero-order valence-corrected chi connectivity index (χ0v) is 30.2. The van der Waals surface area contributed by atoms with Crippen LogP contribution in [0.1, 0.15) is 67.1 Å². The molecule has 5 aromatic carbocycles. The molecule has 48 heavy (non-hydrogen) atoms. The first-order valence-corrected chi connectivity index (χ1v) is 18.2. The summed E-state index contributed by atoms with van der Waals surface area (Å²) >= 11 is -2.13. The lowest BCUT2D eigenvalue weighted by atomic mass is 9.83. The van der Waals surface area contributed by atoms with Crippen molar-refractivity contribution in [3.63, 3.8) is 0 Å². The third kappa shape index (κ3) is 7.10. The average molecular weight is 683 g/mol. The van der Waals surface area contributed by atoms with Gasteiger partial charge in [0.1, 0.15) is 0 Å². The van der Waals surface area contributed by atoms with Crippen molar-refractivity contribution < 1.29 is 21.7 Å². The van der Waals surface area contributed by atoms with E-state index in [-0.39, 0.29) is 4.90 Å². The van der Waals surface area contributed by atoms with Gasteiger partial charge in [-0.1, -0.05) is 66.2 Å². The van der Waals surface area contributed by atoms with Crippen molar-refractivity contribution in [2.24, 2.45) is 0 Å². The van der Waals surface area contributed by atoms with Crippen molar-refractivity contribution in [3.05, 3.63) is 140 Å². The quantitative estimate of drug-likeness (QED) is 0.0695. The third-order valence-electron chi connectivity index (χ3n) is 8.95. The molecular formula is C39H42N2O5S2. The first-order valence-electron chi connectivity index (χ1n) is 15.7. The molecule has 0 amide bonds. The molecule has 250 valence electrons. The lowest BCUT2D eigenvalue weighted by molar-refractivity contribution is 0.482. The zero-order chi connectivity index (χ0) is 35.1. The number of hydrogen-bond donors (Lipinski definition) is 4. The molecule has 5 aromatic rings. The van der Waals surface area contributed by atoms with Crippen LogP contribution in [-0.2, 0) is 21.2 Å². The maximum atomic E-state index is 12.6. The van der Waals surface area contributed by atoms with Crippen LogP contribution in [0.2, 0.25) is 0 Å². The van der Waals surface area contributed by atoms with Crippen LogP contribution in [-0.4, -0.2) is 21.7 Å². The molecule has 0 aliphatic heterocycles. The van der Waals surface area contributed by atoms with Crippen molar-refractivity contribution in [1.29, 1.82) is 0 Å². The van der Waals surface area contributed by atoms with E-state index >= 15 is 0 Å². The van der Waals surface area contributed by atoms with Crippen LogP contribution in [0.25, 0.3) is 0 Å². The molecular weight excluding hydrogens is 641 g/mol. The van der Waals surface area contributed by atoms with E-state index in [0.717, 1.165) is 67.3 Å². The number of rotatable bonds is 9. The van der Waals surface area contributed by atoms with E-state index < -0.39 is 27.1 Å². The van der Waals surface area contributed by atoms with Crippen LogP contribution in [0.3, 0.4) is 0 Å². The Kier molecular flexibility index (Phi) is 9.99. The molecule has 0 aromatic heterocycles. The van der Waals surface area contributed by atoms with Crippen molar-refractivity contribution >= 4 is 43.9 Å². The fraction of sp³-hybridized carbons (Fsp3) is 0.231. The second kappa shape index (κ2) is 13.7. The molecule has 9 heteroatoms. The first kappa shape index (κ1) is 35.0. The highest BCUT2D eigenvalue weighted by Crippen LogP contribution is 2.40. The van der Waals surface area contributed by atoms with E-state index in [2.05, 4.69) is 49.6 Å². The fourth-order valence-electron chi connectivity index (χ4n) is 6.79. The molecule has 0 saturated carbocycles. The third-order valence-corrected chi connectivity index (χ3v) is 10.9. The van der Waals surface area contributed by atoms with Gasteiger partial charge in [-0.05, 0) is 129 Å². The highest BCUT2D eigenvalue weighted by Gasteiger charge is 2.26. The topological polar surface area (TPSA) is 116 Å². The minimum Gasteiger partial charge on any atom is -0.355 e. The summed E-state index contributed by atoms with van der Waals surface area (Å²) in [6.45, 7) is 15.9. The average Bonchev–Trinajstić information content (AvgIpc) is 2.98. The molecule has 2 unspecified atom stereocenters. The Morgan fingerprint density at radius 1 is 0.625 bits per heavy atom. The SMILES string of the molecule is Cc1cc(C)c(Nc2ccc(C(c3ccc(Nc4c(C)cc(C)c(S(=O)O)c4C)c(C)c3)c3ccccc3S(=O)(=O)O)cc2C)c(C)c1. The summed E-state index contributed by atoms with van der Waals surface area (Å²) in [6.07, 6.45) is 0. The summed E-state index contributed by atoms with van der Waals surface area (Å²) in [6, 6.07) is 24.7. The van der Waals surface area contributed by atoms with E-state index in [0.29, 0.717) is 16.0 Å². The maximum Gasteiger partial charge on any atom is 0.294 e. The molecule has 4 N–H and O–H groups in total. The molecule has 0 aliphatic carbocycles. The predicted octanol–water partition coefficient (Wildman–Crippen LogP) is 9.65. The maximum absolute atomic E-state index is 12.6. The molecule has 0 fully saturated rings. The Morgan fingerprint density at radius 2 is 1.12 bits per heavy atom. The van der Waals surface area contributed by atoms with Gasteiger partial charge in [-0.15, -0.1) is 0 Å². The van der Waals surface area contributed by atoms with E-state index in [1.165, 1.54) is 11.6 Å². The van der Waals surface area contributed by atoms with Crippen LogP contribution in [0.15, 0.2) is 88.7 Å². The Hall–Kier alpha value is -4.28. The van der Waals surface area contributed by atoms with Crippen molar-refractivity contribution in [3.8, 4) is 0 Å². The van der Waals surface area contributed by atoms with Gasteiger partial charge >= 0.3 is 0 Å². The van der Waals surface area contributed by atoms with Gasteiger partial charge in [0.25, 0.3) is 10.1 Å². The Morgan fingerprint density at radius 3 is 1.62 bits per heavy atom. The Labute approximate surface area is 286 Å². The first-order chi connectivity index (χ1) is 22.6. The van der Waals surface area contributed by atoms with Gasteiger partial charge in [-0.3, -0.25) is 4.55 Å². The van der Waals surface area contributed by atoms with Gasteiger partial charge in [-0.2, -0.15) is 8.42 Å². The van der Waals surface area contributed by atoms with Crippen molar-refractivity contribution in [1.82, 2.24) is 0 Å². The number of aryl methyl sites for hydroxylation is 7. The summed E-state index contributed by atoms with van der Waals surface area (Å²) in [7, 11) is -4.52. The standard InChI is InChI=1S/C39H42N2O5S2/c1-22-17-25(4)37(26(5)18-22)40-33-15-13-30(20-23(33)2)36(32-11-9-10-12-35(32)48(44,45)46)31-14-16-34(24(3)21-31)41-38-27(6)19-28(7)39(29(38)8)47(42)43/h9-21,36,40-41H,1-8H3,(H,42,43)(H,44,45,46). The predicted molar refractivity (Wildman–Crippen MR) is 196 cm³/mol. The Bertz CT molecular complexity index is 2170. The van der Waals surface area contributed by atoms with E-state index in [9.17, 15) is 21.7 Å². The monoisotopic (exact) mass is 682 g/mol. The molecule has 0 spiro atoms. The number of benzene rings is 5. The van der Waals surface area contributed by atoms with Crippen molar-refractivity contribution in [2.45, 2.75) is 71.1 Å².